The van der Waals surface area contributed by atoms with Crippen molar-refractivity contribution in [1.82, 2.24) is 19.9 Å². The normalized spacial score (nSPS) is 25.0. The number of aromatic nitrogens is 2. The van der Waals surface area contributed by atoms with Gasteiger partial charge in [0.2, 0.25) is 11.8 Å². The van der Waals surface area contributed by atoms with Crippen molar-refractivity contribution in [3.63, 3.8) is 0 Å². The fourth-order valence-electron chi connectivity index (χ4n) is 3.35. The van der Waals surface area contributed by atoms with Crippen LogP contribution < -0.4 is 0 Å². The van der Waals surface area contributed by atoms with Crippen LogP contribution in [0.1, 0.15) is 44.3 Å². The summed E-state index contributed by atoms with van der Waals surface area (Å²) >= 11 is 0. The van der Waals surface area contributed by atoms with E-state index in [2.05, 4.69) is 15.0 Å². The number of amides is 1. The quantitative estimate of drug-likeness (QED) is 0.793. The van der Waals surface area contributed by atoms with E-state index in [1.807, 2.05) is 13.8 Å². The third kappa shape index (κ3) is 4.77. The van der Waals surface area contributed by atoms with Crippen LogP contribution in [0.5, 0.6) is 0 Å². The number of aryl methyl sites for hydroxylation is 1. The van der Waals surface area contributed by atoms with E-state index in [-0.39, 0.29) is 11.8 Å². The number of aliphatic hydroxyl groups is 1. The molecule has 0 aromatic carbocycles. The third-order valence-electron chi connectivity index (χ3n) is 4.86. The van der Waals surface area contributed by atoms with Gasteiger partial charge in [-0.3, -0.25) is 9.69 Å². The summed E-state index contributed by atoms with van der Waals surface area (Å²) in [4.78, 5) is 20.7. The maximum atomic E-state index is 12.4. The van der Waals surface area contributed by atoms with Crippen LogP contribution in [0.15, 0.2) is 4.52 Å². The summed E-state index contributed by atoms with van der Waals surface area (Å²) in [5.41, 5.74) is -0.817. The molecule has 0 saturated carbocycles. The molecule has 1 aromatic rings. The summed E-state index contributed by atoms with van der Waals surface area (Å²) in [6.07, 6.45) is 1.39. The molecule has 3 rings (SSSR count). The molecule has 2 aliphatic heterocycles. The van der Waals surface area contributed by atoms with E-state index in [0.717, 1.165) is 13.1 Å². The lowest BCUT2D eigenvalue weighted by molar-refractivity contribution is -0.131. The predicted octanol–water partition coefficient (Wildman–Crippen LogP) is 0.421. The van der Waals surface area contributed by atoms with Crippen molar-refractivity contribution in [2.45, 2.75) is 44.6 Å². The average molecular weight is 352 g/mol. The highest BCUT2D eigenvalue weighted by Gasteiger charge is 2.39. The Labute approximate surface area is 148 Å². The van der Waals surface area contributed by atoms with E-state index in [1.165, 1.54) is 0 Å². The lowest BCUT2D eigenvalue weighted by Gasteiger charge is -2.33. The molecule has 0 bridgehead atoms. The summed E-state index contributed by atoms with van der Waals surface area (Å²) in [6.45, 7) is 8.69. The van der Waals surface area contributed by atoms with Gasteiger partial charge < -0.3 is 19.3 Å². The Bertz CT molecular complexity index is 585. The first-order valence-electron chi connectivity index (χ1n) is 9.08. The summed E-state index contributed by atoms with van der Waals surface area (Å²) in [5.74, 6) is 1.41. The van der Waals surface area contributed by atoms with E-state index >= 15 is 0 Å². The van der Waals surface area contributed by atoms with Gasteiger partial charge in [0, 0.05) is 44.9 Å². The molecule has 0 spiro atoms. The number of likely N-dealkylation sites (tertiary alicyclic amines) is 1. The first-order chi connectivity index (χ1) is 12.0. The minimum atomic E-state index is -0.817. The molecule has 25 heavy (non-hydrogen) atoms. The van der Waals surface area contributed by atoms with E-state index < -0.39 is 5.60 Å². The Kier molecular flexibility index (Phi) is 5.71. The summed E-state index contributed by atoms with van der Waals surface area (Å²) < 4.78 is 10.5. The molecule has 1 aromatic heterocycles. The lowest BCUT2D eigenvalue weighted by Crippen LogP contribution is -2.49. The molecule has 0 unspecified atom stereocenters. The van der Waals surface area contributed by atoms with Crippen molar-refractivity contribution >= 4 is 5.91 Å². The van der Waals surface area contributed by atoms with Gasteiger partial charge in [-0.25, -0.2) is 0 Å². The van der Waals surface area contributed by atoms with Gasteiger partial charge in [-0.15, -0.1) is 0 Å². The maximum absolute atomic E-state index is 12.4. The van der Waals surface area contributed by atoms with E-state index in [4.69, 9.17) is 9.26 Å². The number of carbonyl (C=O) groups excluding carboxylic acids is 1. The molecular formula is C17H28N4O4. The van der Waals surface area contributed by atoms with Crippen LogP contribution in [0.2, 0.25) is 0 Å². The molecule has 2 aliphatic rings. The molecule has 140 valence electrons. The molecule has 1 N–H and O–H groups in total. The largest absolute Gasteiger partial charge is 0.387 e. The smallest absolute Gasteiger partial charge is 0.227 e. The number of morpholine rings is 1. The number of hydrogen-bond donors (Lipinski definition) is 1. The van der Waals surface area contributed by atoms with Crippen LogP contribution in [0.3, 0.4) is 0 Å². The second kappa shape index (κ2) is 7.80. The predicted molar refractivity (Wildman–Crippen MR) is 90.1 cm³/mol. The second-order valence-corrected chi connectivity index (χ2v) is 7.38. The standard InChI is InChI=1S/C17H28N4O4/c1-13(2)16-18-14(25-19-16)3-4-15(22)21-6-5-17(23,12-21)11-20-7-9-24-10-8-20/h13,23H,3-12H2,1-2H3/t17-/m0/s1. The number of hydrogen-bond acceptors (Lipinski definition) is 7. The third-order valence-corrected chi connectivity index (χ3v) is 4.86. The molecule has 2 saturated heterocycles. The number of carbonyl (C=O) groups is 1. The van der Waals surface area contributed by atoms with Gasteiger partial charge in [0.05, 0.1) is 25.4 Å². The number of ether oxygens (including phenoxy) is 1. The van der Waals surface area contributed by atoms with Gasteiger partial charge in [-0.1, -0.05) is 19.0 Å². The van der Waals surface area contributed by atoms with Gasteiger partial charge in [0.1, 0.15) is 0 Å². The topological polar surface area (TPSA) is 91.9 Å². The molecule has 8 heteroatoms. The van der Waals surface area contributed by atoms with Gasteiger partial charge >= 0.3 is 0 Å². The molecule has 1 atom stereocenters. The fraction of sp³-hybridized carbons (Fsp3) is 0.824. The Balaban J connectivity index is 1.46. The molecule has 0 radical (unpaired) electrons. The van der Waals surface area contributed by atoms with Crippen LogP contribution in [-0.2, 0) is 16.0 Å². The average Bonchev–Trinajstić information content (AvgIpc) is 3.21. The number of nitrogens with zero attached hydrogens (tertiary/aromatic N) is 4. The van der Waals surface area contributed by atoms with Crippen molar-refractivity contribution in [3.05, 3.63) is 11.7 Å². The van der Waals surface area contributed by atoms with Gasteiger partial charge in [-0.05, 0) is 6.42 Å². The molecular weight excluding hydrogens is 324 g/mol. The van der Waals surface area contributed by atoms with Crippen LogP contribution in [0.25, 0.3) is 0 Å². The van der Waals surface area contributed by atoms with Crippen LogP contribution in [-0.4, -0.2) is 82.5 Å². The highest BCUT2D eigenvalue weighted by Crippen LogP contribution is 2.24. The molecule has 0 aliphatic carbocycles. The van der Waals surface area contributed by atoms with E-state index in [9.17, 15) is 9.90 Å². The molecule has 8 nitrogen and oxygen atoms in total. The Morgan fingerprint density at radius 1 is 1.32 bits per heavy atom. The van der Waals surface area contributed by atoms with Gasteiger partial charge in [-0.2, -0.15) is 4.98 Å². The lowest BCUT2D eigenvalue weighted by atomic mass is 10.0. The van der Waals surface area contributed by atoms with Gasteiger partial charge in [0.25, 0.3) is 0 Å². The molecule has 2 fully saturated rings. The monoisotopic (exact) mass is 352 g/mol. The Morgan fingerprint density at radius 2 is 2.08 bits per heavy atom. The summed E-state index contributed by atoms with van der Waals surface area (Å²) in [7, 11) is 0. The first kappa shape index (κ1) is 18.3. The SMILES string of the molecule is CC(C)c1noc(CCC(=O)N2CC[C@](O)(CN3CCOCC3)C2)n1. The maximum Gasteiger partial charge on any atom is 0.227 e. The van der Waals surface area contributed by atoms with Gasteiger partial charge in [0.15, 0.2) is 5.82 Å². The Hall–Kier alpha value is -1.51. The first-order valence-corrected chi connectivity index (χ1v) is 9.08. The van der Waals surface area contributed by atoms with Crippen molar-refractivity contribution < 1.29 is 19.2 Å². The minimum Gasteiger partial charge on any atom is -0.387 e. The van der Waals surface area contributed by atoms with Crippen molar-refractivity contribution in [2.75, 3.05) is 45.9 Å². The summed E-state index contributed by atoms with van der Waals surface area (Å²) in [5, 5.41) is 14.7. The van der Waals surface area contributed by atoms with E-state index in [0.29, 0.717) is 63.8 Å². The number of β-amino-alcohol motifs (C(OH)–C–C–N with tert-alkyl or cyclic N) is 1. The highest BCUT2D eigenvalue weighted by atomic mass is 16.5. The fourth-order valence-corrected chi connectivity index (χ4v) is 3.35. The van der Waals surface area contributed by atoms with E-state index in [1.54, 1.807) is 4.90 Å². The second-order valence-electron chi connectivity index (χ2n) is 7.38. The van der Waals surface area contributed by atoms with Crippen molar-refractivity contribution in [3.8, 4) is 0 Å². The zero-order chi connectivity index (χ0) is 17.9. The minimum absolute atomic E-state index is 0.0298. The highest BCUT2D eigenvalue weighted by molar-refractivity contribution is 5.76. The zero-order valence-corrected chi connectivity index (χ0v) is 15.1. The Morgan fingerprint density at radius 3 is 2.76 bits per heavy atom. The van der Waals surface area contributed by atoms with Crippen LogP contribution in [0.4, 0.5) is 0 Å². The zero-order valence-electron chi connectivity index (χ0n) is 15.1. The van der Waals surface area contributed by atoms with Crippen molar-refractivity contribution in [1.29, 1.82) is 0 Å². The van der Waals surface area contributed by atoms with Crippen LogP contribution in [0, 0.1) is 0 Å². The van der Waals surface area contributed by atoms with Crippen LogP contribution >= 0.6 is 0 Å². The van der Waals surface area contributed by atoms with Crippen molar-refractivity contribution in [2.24, 2.45) is 0 Å². The summed E-state index contributed by atoms with van der Waals surface area (Å²) in [6, 6.07) is 0. The number of rotatable bonds is 6. The molecule has 1 amide bonds. The molecule has 3 heterocycles.